The molecule has 9 aromatic rings. The highest BCUT2D eigenvalue weighted by atomic mass is 15.0. The topological polar surface area (TPSA) is 38.7 Å². The van der Waals surface area contributed by atoms with E-state index in [9.17, 15) is 2.74 Å². The standard InChI is InChI=1S/C45H29N3/c1-2-13-32(14-3-1)39-25-26-40(42-20-9-8-19-41(39)42)35-17-10-18-36(29-35)43-46-44(37-23-21-30-11-4-6-15-33(30)27-37)48-45(47-43)38-24-22-31-12-5-7-16-34(31)28-38/h1-29H/i1D,2D,3D,8D,9D,13D,14D,19D,20D,25D,26D. The zero-order valence-electron chi connectivity index (χ0n) is 36.2. The molecule has 3 nitrogen and oxygen atoms in total. The highest BCUT2D eigenvalue weighted by Gasteiger charge is 2.15. The summed E-state index contributed by atoms with van der Waals surface area (Å²) in [6, 6.07) is 27.9. The van der Waals surface area contributed by atoms with Crippen molar-refractivity contribution in [3.8, 4) is 56.4 Å². The van der Waals surface area contributed by atoms with Gasteiger partial charge in [-0.15, -0.1) is 0 Å². The van der Waals surface area contributed by atoms with Gasteiger partial charge >= 0.3 is 0 Å². The second kappa shape index (κ2) is 11.7. The van der Waals surface area contributed by atoms with Crippen molar-refractivity contribution in [1.29, 1.82) is 0 Å². The lowest BCUT2D eigenvalue weighted by Gasteiger charge is -2.13. The summed E-state index contributed by atoms with van der Waals surface area (Å²) in [6.45, 7) is 0. The molecular formula is C45H29N3. The van der Waals surface area contributed by atoms with Crippen LogP contribution < -0.4 is 0 Å². The fraction of sp³-hybridized carbons (Fsp3) is 0. The minimum Gasteiger partial charge on any atom is -0.208 e. The molecule has 0 saturated heterocycles. The van der Waals surface area contributed by atoms with Crippen molar-refractivity contribution in [2.24, 2.45) is 0 Å². The fourth-order valence-corrected chi connectivity index (χ4v) is 5.95. The van der Waals surface area contributed by atoms with E-state index in [1.54, 1.807) is 24.3 Å². The molecule has 0 unspecified atom stereocenters. The van der Waals surface area contributed by atoms with E-state index in [1.807, 2.05) is 84.9 Å². The molecule has 8 aromatic carbocycles. The first-order chi connectivity index (χ1) is 28.3. The Bertz CT molecular complexity index is 3130. The summed E-state index contributed by atoms with van der Waals surface area (Å²) in [5.41, 5.74) is 1.51. The molecule has 9 rings (SSSR count). The summed E-state index contributed by atoms with van der Waals surface area (Å²) in [5.74, 6) is 1.10. The molecule has 0 atom stereocenters. The molecule has 1 aromatic heterocycles. The van der Waals surface area contributed by atoms with Crippen molar-refractivity contribution in [2.45, 2.75) is 0 Å². The number of fused-ring (bicyclic) bond motifs is 3. The maximum absolute atomic E-state index is 9.35. The molecule has 0 radical (unpaired) electrons. The zero-order chi connectivity index (χ0) is 41.4. The molecule has 0 N–H and O–H groups in total. The van der Waals surface area contributed by atoms with Crippen LogP contribution in [-0.2, 0) is 0 Å². The van der Waals surface area contributed by atoms with E-state index in [0.717, 1.165) is 32.7 Å². The van der Waals surface area contributed by atoms with Gasteiger partial charge in [0, 0.05) is 16.7 Å². The van der Waals surface area contributed by atoms with E-state index in [0.29, 0.717) is 22.8 Å². The zero-order valence-corrected chi connectivity index (χ0v) is 25.2. The Labute approximate surface area is 294 Å². The monoisotopic (exact) mass is 622 g/mol. The number of aromatic nitrogens is 3. The van der Waals surface area contributed by atoms with E-state index < -0.39 is 72.0 Å². The molecule has 0 amide bonds. The van der Waals surface area contributed by atoms with Gasteiger partial charge in [-0.2, -0.15) is 0 Å². The Hall–Kier alpha value is -6.45. The van der Waals surface area contributed by atoms with Gasteiger partial charge in [0.05, 0.1) is 15.1 Å². The van der Waals surface area contributed by atoms with Crippen LogP contribution >= 0.6 is 0 Å². The summed E-state index contributed by atoms with van der Waals surface area (Å²) in [6.07, 6.45) is 0. The van der Waals surface area contributed by atoms with Crippen LogP contribution in [0.25, 0.3) is 88.7 Å². The van der Waals surface area contributed by atoms with Crippen LogP contribution in [0, 0.1) is 0 Å². The SMILES string of the molecule is [2H]c1c([2H])c([2H])c(-c2c([2H])c([2H])c(-c3cccc(-c4nc(-c5ccc6ccccc6c5)nc(-c5ccc6ccccc6c5)n4)c3)c3c([2H])c([2H])c([2H])c([2H])c23)c([2H])c1[2H]. The minimum atomic E-state index is -0.679. The van der Waals surface area contributed by atoms with Crippen LogP contribution in [0.2, 0.25) is 0 Å². The van der Waals surface area contributed by atoms with E-state index in [2.05, 4.69) is 0 Å². The number of benzene rings is 8. The quantitative estimate of drug-likeness (QED) is 0.192. The van der Waals surface area contributed by atoms with Gasteiger partial charge < -0.3 is 0 Å². The molecule has 0 fully saturated rings. The van der Waals surface area contributed by atoms with Crippen LogP contribution in [0.5, 0.6) is 0 Å². The van der Waals surface area contributed by atoms with Crippen molar-refractivity contribution in [2.75, 3.05) is 0 Å². The normalized spacial score (nSPS) is 14.5. The molecule has 0 aliphatic heterocycles. The Morgan fingerprint density at radius 3 is 1.35 bits per heavy atom. The van der Waals surface area contributed by atoms with Gasteiger partial charge in [-0.25, -0.2) is 15.0 Å². The molecule has 48 heavy (non-hydrogen) atoms. The van der Waals surface area contributed by atoms with Crippen molar-refractivity contribution in [3.05, 3.63) is 176 Å². The van der Waals surface area contributed by atoms with Gasteiger partial charge in [-0.1, -0.05) is 157 Å². The average Bonchev–Trinajstić information content (AvgIpc) is 3.27. The summed E-state index contributed by atoms with van der Waals surface area (Å²) in [5, 5.41) is 3.72. The lowest BCUT2D eigenvalue weighted by Crippen LogP contribution is -2.00. The minimum absolute atomic E-state index is 0.00599. The summed E-state index contributed by atoms with van der Waals surface area (Å²) >= 11 is 0. The van der Waals surface area contributed by atoms with Crippen LogP contribution in [-0.4, -0.2) is 15.0 Å². The first-order valence-electron chi connectivity index (χ1n) is 20.8. The summed E-state index contributed by atoms with van der Waals surface area (Å²) < 4.78 is 95.9. The van der Waals surface area contributed by atoms with Gasteiger partial charge in [0.2, 0.25) is 0 Å². The maximum atomic E-state index is 9.35. The maximum Gasteiger partial charge on any atom is 0.164 e. The molecule has 0 bridgehead atoms. The van der Waals surface area contributed by atoms with Crippen molar-refractivity contribution in [3.63, 3.8) is 0 Å². The first-order valence-corrected chi connectivity index (χ1v) is 15.3. The Balaban J connectivity index is 1.30. The molecular weight excluding hydrogens is 583 g/mol. The van der Waals surface area contributed by atoms with Crippen LogP contribution in [0.3, 0.4) is 0 Å². The van der Waals surface area contributed by atoms with Gasteiger partial charge in [-0.05, 0) is 72.8 Å². The Morgan fingerprint density at radius 2 is 0.792 bits per heavy atom. The third-order valence-electron chi connectivity index (χ3n) is 8.31. The molecule has 0 saturated carbocycles. The largest absolute Gasteiger partial charge is 0.208 e. The smallest absolute Gasteiger partial charge is 0.164 e. The van der Waals surface area contributed by atoms with E-state index in [4.69, 9.17) is 27.3 Å². The predicted molar refractivity (Wildman–Crippen MR) is 200 cm³/mol. The summed E-state index contributed by atoms with van der Waals surface area (Å²) in [4.78, 5) is 14.8. The second-order valence-electron chi connectivity index (χ2n) is 11.3. The number of rotatable bonds is 5. The number of hydrogen-bond acceptors (Lipinski definition) is 3. The number of hydrogen-bond donors (Lipinski definition) is 0. The lowest BCUT2D eigenvalue weighted by atomic mass is 9.91. The molecule has 0 aliphatic carbocycles. The third kappa shape index (κ3) is 5.08. The molecule has 1 heterocycles. The predicted octanol–water partition coefficient (Wildman–Crippen LogP) is 11.7. The molecule has 0 aliphatic rings. The van der Waals surface area contributed by atoms with Gasteiger partial charge in [0.15, 0.2) is 17.5 Å². The van der Waals surface area contributed by atoms with Crippen LogP contribution in [0.15, 0.2) is 176 Å². The summed E-state index contributed by atoms with van der Waals surface area (Å²) in [7, 11) is 0. The highest BCUT2D eigenvalue weighted by molar-refractivity contribution is 6.05. The third-order valence-corrected chi connectivity index (χ3v) is 8.31. The molecule has 224 valence electrons. The number of nitrogens with zero attached hydrogens (tertiary/aromatic N) is 3. The lowest BCUT2D eigenvalue weighted by molar-refractivity contribution is 1.08. The molecule has 0 spiro atoms. The van der Waals surface area contributed by atoms with Crippen molar-refractivity contribution < 1.29 is 15.1 Å². The van der Waals surface area contributed by atoms with E-state index in [1.165, 1.54) is 0 Å². The highest BCUT2D eigenvalue weighted by Crippen LogP contribution is 2.37. The first kappa shape index (κ1) is 18.6. The van der Waals surface area contributed by atoms with Gasteiger partial charge in [0.25, 0.3) is 0 Å². The van der Waals surface area contributed by atoms with E-state index in [-0.39, 0.29) is 27.7 Å². The van der Waals surface area contributed by atoms with Gasteiger partial charge in [-0.3, -0.25) is 0 Å². The van der Waals surface area contributed by atoms with Gasteiger partial charge in [0.1, 0.15) is 0 Å². The fourth-order valence-electron chi connectivity index (χ4n) is 5.95. The second-order valence-corrected chi connectivity index (χ2v) is 11.3. The molecule has 3 heteroatoms. The average molecular weight is 623 g/mol. The van der Waals surface area contributed by atoms with Crippen molar-refractivity contribution >= 4 is 32.3 Å². The Kier molecular flexibility index (Phi) is 4.55. The Morgan fingerprint density at radius 1 is 0.333 bits per heavy atom. The van der Waals surface area contributed by atoms with Crippen LogP contribution in [0.1, 0.15) is 15.1 Å². The van der Waals surface area contributed by atoms with E-state index >= 15 is 0 Å². The van der Waals surface area contributed by atoms with Crippen LogP contribution in [0.4, 0.5) is 0 Å². The van der Waals surface area contributed by atoms with Crippen molar-refractivity contribution in [1.82, 2.24) is 15.0 Å².